The highest BCUT2D eigenvalue weighted by atomic mass is 35.5. The number of nitrogens with zero attached hydrogens (tertiary/aromatic N) is 4. The fourth-order valence-corrected chi connectivity index (χ4v) is 5.83. The first-order chi connectivity index (χ1) is 21.0. The Hall–Kier alpha value is -4.15. The zero-order chi connectivity index (χ0) is 31.6. The van der Waals surface area contributed by atoms with Crippen LogP contribution in [0.25, 0.3) is 11.0 Å². The summed E-state index contributed by atoms with van der Waals surface area (Å²) in [6.45, 7) is 11.3. The van der Waals surface area contributed by atoms with E-state index in [9.17, 15) is 14.4 Å². The largest absolute Gasteiger partial charge is 0.493 e. The molecule has 4 aromatic rings. The van der Waals surface area contributed by atoms with Gasteiger partial charge in [0.1, 0.15) is 16.7 Å². The van der Waals surface area contributed by atoms with Crippen LogP contribution in [-0.2, 0) is 22.6 Å². The SMILES string of the molecule is CCN1C(=O)C(C)(C)C(=O)N(C)c2cc(OCCCNC(Cc3ccc(C)nc3C)Cn3ccc4occc4c3=O)ccc21.Cl. The second-order valence-corrected chi connectivity index (χ2v) is 11.9. The van der Waals surface area contributed by atoms with Gasteiger partial charge in [0, 0.05) is 49.8 Å². The molecule has 1 aromatic carbocycles. The first-order valence-corrected chi connectivity index (χ1v) is 15.1. The van der Waals surface area contributed by atoms with E-state index in [0.29, 0.717) is 60.8 Å². The van der Waals surface area contributed by atoms with Gasteiger partial charge in [-0.3, -0.25) is 19.4 Å². The van der Waals surface area contributed by atoms with E-state index in [2.05, 4.69) is 16.4 Å². The maximum absolute atomic E-state index is 13.1. The lowest BCUT2D eigenvalue weighted by molar-refractivity contribution is -0.137. The summed E-state index contributed by atoms with van der Waals surface area (Å²) in [5.41, 5.74) is 3.77. The molecule has 2 amide bonds. The summed E-state index contributed by atoms with van der Waals surface area (Å²) >= 11 is 0. The van der Waals surface area contributed by atoms with E-state index in [1.807, 2.05) is 51.1 Å². The second kappa shape index (κ2) is 13.9. The van der Waals surface area contributed by atoms with E-state index >= 15 is 0 Å². The number of hydrogen-bond donors (Lipinski definition) is 1. The molecule has 0 spiro atoms. The molecule has 0 aliphatic carbocycles. The molecule has 0 saturated carbocycles. The first kappa shape index (κ1) is 33.7. The van der Waals surface area contributed by atoms with E-state index in [1.54, 1.807) is 47.5 Å². The summed E-state index contributed by atoms with van der Waals surface area (Å²) in [5, 5.41) is 4.19. The topological polar surface area (TPSA) is 110 Å². The molecule has 11 heteroatoms. The van der Waals surface area contributed by atoms with Crippen molar-refractivity contribution in [3.8, 4) is 5.75 Å². The van der Waals surface area contributed by atoms with Gasteiger partial charge in [-0.05, 0) is 89.9 Å². The van der Waals surface area contributed by atoms with E-state index in [1.165, 1.54) is 6.26 Å². The lowest BCUT2D eigenvalue weighted by Gasteiger charge is -2.27. The number of amides is 2. The number of carbonyl (C=O) groups excluding carboxylic acids is 2. The van der Waals surface area contributed by atoms with Crippen molar-refractivity contribution >= 4 is 46.6 Å². The molecule has 240 valence electrons. The summed E-state index contributed by atoms with van der Waals surface area (Å²) in [5.74, 6) is 0.162. The minimum absolute atomic E-state index is 0. The van der Waals surface area contributed by atoms with Crippen molar-refractivity contribution in [1.82, 2.24) is 14.9 Å². The van der Waals surface area contributed by atoms with E-state index in [0.717, 1.165) is 23.4 Å². The fraction of sp³-hybridized carbons (Fsp3) is 0.412. The van der Waals surface area contributed by atoms with Gasteiger partial charge in [0.25, 0.3) is 5.56 Å². The number of halogens is 1. The zero-order valence-corrected chi connectivity index (χ0v) is 27.6. The van der Waals surface area contributed by atoms with Crippen LogP contribution in [0.2, 0.25) is 0 Å². The number of aryl methyl sites for hydroxylation is 2. The van der Waals surface area contributed by atoms with Crippen LogP contribution in [-0.4, -0.2) is 54.2 Å². The van der Waals surface area contributed by atoms with Crippen molar-refractivity contribution in [3.05, 3.63) is 82.2 Å². The minimum Gasteiger partial charge on any atom is -0.493 e. The van der Waals surface area contributed by atoms with E-state index in [4.69, 9.17) is 9.15 Å². The number of furan rings is 1. The van der Waals surface area contributed by atoms with Gasteiger partial charge in [-0.1, -0.05) is 6.07 Å². The zero-order valence-electron chi connectivity index (χ0n) is 26.8. The number of fused-ring (bicyclic) bond motifs is 2. The van der Waals surface area contributed by atoms with E-state index in [-0.39, 0.29) is 35.8 Å². The van der Waals surface area contributed by atoms with Crippen molar-refractivity contribution in [3.63, 3.8) is 0 Å². The molecule has 1 aliphatic heterocycles. The minimum atomic E-state index is -1.16. The van der Waals surface area contributed by atoms with Gasteiger partial charge in [-0.15, -0.1) is 12.4 Å². The monoisotopic (exact) mass is 635 g/mol. The average Bonchev–Trinajstić information content (AvgIpc) is 3.47. The van der Waals surface area contributed by atoms with E-state index < -0.39 is 5.41 Å². The van der Waals surface area contributed by atoms with Crippen molar-refractivity contribution in [1.29, 1.82) is 0 Å². The molecular weight excluding hydrogens is 594 g/mol. The fourth-order valence-electron chi connectivity index (χ4n) is 5.83. The number of aromatic nitrogens is 2. The van der Waals surface area contributed by atoms with Crippen LogP contribution in [0.1, 0.15) is 44.1 Å². The Balaban J connectivity index is 0.00000461. The van der Waals surface area contributed by atoms with Crippen molar-refractivity contribution in [2.45, 2.75) is 60.0 Å². The third kappa shape index (κ3) is 6.92. The van der Waals surface area contributed by atoms with Crippen molar-refractivity contribution < 1.29 is 18.7 Å². The van der Waals surface area contributed by atoms with Crippen LogP contribution >= 0.6 is 12.4 Å². The summed E-state index contributed by atoms with van der Waals surface area (Å²) in [4.78, 5) is 47.2. The number of pyridine rings is 2. The number of benzene rings is 1. The summed E-state index contributed by atoms with van der Waals surface area (Å²) in [6.07, 6.45) is 4.74. The standard InChI is InChI=1S/C34H41N5O5.ClH/c1-7-39-28-12-11-26(20-29(28)37(6)32(41)34(4,5)33(39)42)43-17-8-15-35-25(19-24-10-9-22(2)36-23(24)3)21-38-16-13-30-27(31(38)40)14-18-44-30;/h9-14,16,18,20,25,35H,7-8,15,17,19,21H2,1-6H3;1H. The Bertz CT molecular complexity index is 1750. The molecule has 45 heavy (non-hydrogen) atoms. The maximum Gasteiger partial charge on any atom is 0.261 e. The van der Waals surface area contributed by atoms with Gasteiger partial charge in [0.05, 0.1) is 29.6 Å². The second-order valence-electron chi connectivity index (χ2n) is 11.9. The highest BCUT2D eigenvalue weighted by Crippen LogP contribution is 2.40. The Morgan fingerprint density at radius 1 is 1.02 bits per heavy atom. The lowest BCUT2D eigenvalue weighted by atomic mass is 9.90. The molecule has 3 aromatic heterocycles. The summed E-state index contributed by atoms with van der Waals surface area (Å²) in [6, 6.07) is 13.1. The molecule has 1 unspecified atom stereocenters. The van der Waals surface area contributed by atoms with Crippen molar-refractivity contribution in [2.24, 2.45) is 5.41 Å². The number of carbonyl (C=O) groups is 2. The summed E-state index contributed by atoms with van der Waals surface area (Å²) in [7, 11) is 1.70. The Kier molecular flexibility index (Phi) is 10.4. The van der Waals surface area contributed by atoms with Crippen LogP contribution in [0.5, 0.6) is 5.75 Å². The Labute approximate surface area is 269 Å². The number of rotatable bonds is 11. The van der Waals surface area contributed by atoms with Crippen LogP contribution < -0.4 is 25.4 Å². The first-order valence-electron chi connectivity index (χ1n) is 15.1. The van der Waals surface area contributed by atoms with Crippen molar-refractivity contribution in [2.75, 3.05) is 36.5 Å². The molecule has 4 heterocycles. The number of ether oxygens (including phenoxy) is 1. The number of nitrogens with one attached hydrogen (secondary N) is 1. The Morgan fingerprint density at radius 3 is 2.53 bits per heavy atom. The third-order valence-corrected chi connectivity index (χ3v) is 8.37. The van der Waals surface area contributed by atoms with Crippen LogP contribution in [0.4, 0.5) is 11.4 Å². The third-order valence-electron chi connectivity index (χ3n) is 8.37. The van der Waals surface area contributed by atoms with Gasteiger partial charge >= 0.3 is 0 Å². The number of anilines is 2. The maximum atomic E-state index is 13.1. The van der Waals surface area contributed by atoms with Gasteiger partial charge in [-0.2, -0.15) is 0 Å². The van der Waals surface area contributed by atoms with Crippen LogP contribution in [0.3, 0.4) is 0 Å². The lowest BCUT2D eigenvalue weighted by Crippen LogP contribution is -2.47. The molecule has 0 fully saturated rings. The predicted molar refractivity (Wildman–Crippen MR) is 179 cm³/mol. The normalized spacial score (nSPS) is 15.1. The molecule has 0 bridgehead atoms. The van der Waals surface area contributed by atoms with Gasteiger partial charge < -0.3 is 28.8 Å². The highest BCUT2D eigenvalue weighted by molar-refractivity contribution is 6.20. The predicted octanol–water partition coefficient (Wildman–Crippen LogP) is 5.05. The van der Waals surface area contributed by atoms with Crippen LogP contribution in [0.15, 0.2) is 64.1 Å². The molecular formula is C34H42ClN5O5. The molecule has 0 radical (unpaired) electrons. The molecule has 5 rings (SSSR count). The molecule has 1 aliphatic rings. The van der Waals surface area contributed by atoms with Gasteiger partial charge in [0.15, 0.2) is 0 Å². The highest BCUT2D eigenvalue weighted by Gasteiger charge is 2.45. The smallest absolute Gasteiger partial charge is 0.261 e. The Morgan fingerprint density at radius 2 is 1.80 bits per heavy atom. The molecule has 10 nitrogen and oxygen atoms in total. The van der Waals surface area contributed by atoms with Crippen LogP contribution in [0, 0.1) is 19.3 Å². The quantitative estimate of drug-likeness (QED) is 0.181. The molecule has 0 saturated heterocycles. The molecule has 1 atom stereocenters. The van der Waals surface area contributed by atoms with Gasteiger partial charge in [0.2, 0.25) is 11.8 Å². The van der Waals surface area contributed by atoms with Gasteiger partial charge in [-0.25, -0.2) is 0 Å². The summed E-state index contributed by atoms with van der Waals surface area (Å²) < 4.78 is 13.2. The molecule has 1 N–H and O–H groups in total. The number of hydrogen-bond acceptors (Lipinski definition) is 7. The average molecular weight is 636 g/mol.